The van der Waals surface area contributed by atoms with Crippen molar-refractivity contribution < 1.29 is 13.2 Å². The molecular weight excluding hydrogens is 432 g/mol. The highest BCUT2D eigenvalue weighted by molar-refractivity contribution is 7.99. The highest BCUT2D eigenvalue weighted by Gasteiger charge is 2.21. The quantitative estimate of drug-likeness (QED) is 0.446. The zero-order valence-corrected chi connectivity index (χ0v) is 20.4. The topological polar surface area (TPSA) is 84.3 Å². The molecule has 1 aromatic heterocycles. The van der Waals surface area contributed by atoms with Crippen LogP contribution in [-0.2, 0) is 21.4 Å². The van der Waals surface area contributed by atoms with Crippen molar-refractivity contribution in [3.8, 4) is 0 Å². The molecule has 1 amide bonds. The third-order valence-electron chi connectivity index (χ3n) is 5.75. The van der Waals surface area contributed by atoms with E-state index in [0.29, 0.717) is 11.3 Å². The lowest BCUT2D eigenvalue weighted by atomic mass is 10.1. The number of aromatic nitrogens is 2. The van der Waals surface area contributed by atoms with E-state index in [9.17, 15) is 13.2 Å². The van der Waals surface area contributed by atoms with E-state index in [-0.39, 0.29) is 16.8 Å². The van der Waals surface area contributed by atoms with Gasteiger partial charge < -0.3 is 9.88 Å². The van der Waals surface area contributed by atoms with E-state index in [0.717, 1.165) is 42.9 Å². The SMILES string of the molecule is CCCCn1c(SCC(=O)NC2CCCCCC2)nc2cc(S(=O)(=O)N(C)C)ccc21. The van der Waals surface area contributed by atoms with Crippen molar-refractivity contribution in [1.29, 1.82) is 0 Å². The van der Waals surface area contributed by atoms with Crippen LogP contribution in [0.1, 0.15) is 58.3 Å². The van der Waals surface area contributed by atoms with E-state index < -0.39 is 10.0 Å². The van der Waals surface area contributed by atoms with E-state index in [2.05, 4.69) is 16.8 Å². The summed E-state index contributed by atoms with van der Waals surface area (Å²) in [6, 6.07) is 5.37. The molecule has 0 spiro atoms. The molecule has 2 aromatic rings. The molecule has 7 nitrogen and oxygen atoms in total. The Morgan fingerprint density at radius 2 is 1.94 bits per heavy atom. The molecule has 172 valence electrons. The number of carbonyl (C=O) groups is 1. The molecule has 0 saturated heterocycles. The molecule has 31 heavy (non-hydrogen) atoms. The van der Waals surface area contributed by atoms with Gasteiger partial charge in [-0.3, -0.25) is 4.79 Å². The number of hydrogen-bond donors (Lipinski definition) is 1. The van der Waals surface area contributed by atoms with E-state index >= 15 is 0 Å². The Kier molecular flexibility index (Phi) is 8.41. The van der Waals surface area contributed by atoms with Crippen molar-refractivity contribution in [2.75, 3.05) is 19.8 Å². The average molecular weight is 467 g/mol. The van der Waals surface area contributed by atoms with Gasteiger partial charge in [-0.1, -0.05) is 50.8 Å². The smallest absolute Gasteiger partial charge is 0.242 e. The number of amides is 1. The van der Waals surface area contributed by atoms with Crippen molar-refractivity contribution in [3.05, 3.63) is 18.2 Å². The predicted molar refractivity (Wildman–Crippen MR) is 126 cm³/mol. The van der Waals surface area contributed by atoms with Crippen LogP contribution in [0.3, 0.4) is 0 Å². The van der Waals surface area contributed by atoms with Gasteiger partial charge in [-0.15, -0.1) is 0 Å². The molecule has 1 aliphatic rings. The van der Waals surface area contributed by atoms with Crippen molar-refractivity contribution in [3.63, 3.8) is 0 Å². The Hall–Kier alpha value is -1.58. The summed E-state index contributed by atoms with van der Waals surface area (Å²) in [7, 11) is -0.478. The lowest BCUT2D eigenvalue weighted by molar-refractivity contribution is -0.119. The molecule has 0 aliphatic heterocycles. The molecule has 3 rings (SSSR count). The fraction of sp³-hybridized carbons (Fsp3) is 0.636. The molecule has 1 saturated carbocycles. The van der Waals surface area contributed by atoms with Crippen LogP contribution >= 0.6 is 11.8 Å². The minimum Gasteiger partial charge on any atom is -0.353 e. The largest absolute Gasteiger partial charge is 0.353 e. The number of unbranched alkanes of at least 4 members (excludes halogenated alkanes) is 1. The average Bonchev–Trinajstić information content (AvgIpc) is 2.88. The molecule has 1 N–H and O–H groups in total. The number of rotatable bonds is 9. The third kappa shape index (κ3) is 6.02. The monoisotopic (exact) mass is 466 g/mol. The first kappa shape index (κ1) is 24.1. The molecular formula is C22H34N4O3S2. The molecule has 9 heteroatoms. The Bertz CT molecular complexity index is 994. The summed E-state index contributed by atoms with van der Waals surface area (Å²) in [4.78, 5) is 17.5. The number of aryl methyl sites for hydroxylation is 1. The standard InChI is InChI=1S/C22H34N4O3S2/c1-4-5-14-26-20-13-12-18(31(28,29)25(2)3)15-19(20)24-22(26)30-16-21(27)23-17-10-8-6-7-9-11-17/h12-13,15,17H,4-11,14,16H2,1-3H3,(H,23,27). The summed E-state index contributed by atoms with van der Waals surface area (Å²) in [5.74, 6) is 0.358. The van der Waals surface area contributed by atoms with Crippen LogP contribution in [-0.4, -0.2) is 54.1 Å². The first-order valence-electron chi connectivity index (χ1n) is 11.2. The number of imidazole rings is 1. The fourth-order valence-corrected chi connectivity index (χ4v) is 5.70. The molecule has 1 heterocycles. The first-order valence-corrected chi connectivity index (χ1v) is 13.6. The van der Waals surface area contributed by atoms with Gasteiger partial charge in [-0.05, 0) is 37.5 Å². The number of carbonyl (C=O) groups excluding carboxylic acids is 1. The summed E-state index contributed by atoms with van der Waals surface area (Å²) in [6.07, 6.45) is 9.04. The Balaban J connectivity index is 1.78. The van der Waals surface area contributed by atoms with Gasteiger partial charge in [0.15, 0.2) is 5.16 Å². The van der Waals surface area contributed by atoms with Crippen molar-refractivity contribution in [2.45, 2.75) is 80.9 Å². The fourth-order valence-electron chi connectivity index (χ4n) is 3.92. The van der Waals surface area contributed by atoms with Gasteiger partial charge in [0, 0.05) is 26.7 Å². The second-order valence-corrected chi connectivity index (χ2v) is 11.5. The second-order valence-electron chi connectivity index (χ2n) is 8.38. The zero-order chi connectivity index (χ0) is 22.4. The molecule has 0 radical (unpaired) electrons. The van der Waals surface area contributed by atoms with E-state index in [4.69, 9.17) is 4.98 Å². The van der Waals surface area contributed by atoms with E-state index in [1.807, 2.05) is 6.07 Å². The molecule has 1 fully saturated rings. The molecule has 0 bridgehead atoms. The highest BCUT2D eigenvalue weighted by atomic mass is 32.2. The number of nitrogens with zero attached hydrogens (tertiary/aromatic N) is 3. The summed E-state index contributed by atoms with van der Waals surface area (Å²) >= 11 is 1.42. The van der Waals surface area contributed by atoms with Gasteiger partial charge in [0.05, 0.1) is 21.7 Å². The van der Waals surface area contributed by atoms with Crippen LogP contribution in [0.4, 0.5) is 0 Å². The molecule has 1 aromatic carbocycles. The highest BCUT2D eigenvalue weighted by Crippen LogP contribution is 2.27. The minimum atomic E-state index is -3.52. The van der Waals surface area contributed by atoms with Gasteiger partial charge in [-0.25, -0.2) is 17.7 Å². The van der Waals surface area contributed by atoms with Crippen LogP contribution in [0.25, 0.3) is 11.0 Å². The maximum absolute atomic E-state index is 12.5. The van der Waals surface area contributed by atoms with Crippen LogP contribution in [0.5, 0.6) is 0 Å². The van der Waals surface area contributed by atoms with Crippen molar-refractivity contribution >= 4 is 38.7 Å². The lowest BCUT2D eigenvalue weighted by Gasteiger charge is -2.16. The third-order valence-corrected chi connectivity index (χ3v) is 8.54. The summed E-state index contributed by atoms with van der Waals surface area (Å²) in [6.45, 7) is 2.92. The maximum atomic E-state index is 12.5. The van der Waals surface area contributed by atoms with E-state index in [1.165, 1.54) is 55.8 Å². The van der Waals surface area contributed by atoms with Crippen LogP contribution in [0.15, 0.2) is 28.3 Å². The van der Waals surface area contributed by atoms with Crippen LogP contribution < -0.4 is 5.32 Å². The molecule has 1 aliphatic carbocycles. The van der Waals surface area contributed by atoms with Crippen molar-refractivity contribution in [1.82, 2.24) is 19.2 Å². The first-order chi connectivity index (χ1) is 14.8. The van der Waals surface area contributed by atoms with Crippen LogP contribution in [0, 0.1) is 0 Å². The summed E-state index contributed by atoms with van der Waals surface area (Å²) < 4.78 is 28.3. The molecule has 0 atom stereocenters. The van der Waals surface area contributed by atoms with Gasteiger partial charge >= 0.3 is 0 Å². The van der Waals surface area contributed by atoms with Gasteiger partial charge in [0.2, 0.25) is 15.9 Å². The van der Waals surface area contributed by atoms with E-state index in [1.54, 1.807) is 12.1 Å². The van der Waals surface area contributed by atoms with Gasteiger partial charge in [0.1, 0.15) is 0 Å². The second kappa shape index (κ2) is 10.8. The maximum Gasteiger partial charge on any atom is 0.242 e. The summed E-state index contributed by atoms with van der Waals surface area (Å²) in [5.41, 5.74) is 1.54. The van der Waals surface area contributed by atoms with Gasteiger partial charge in [-0.2, -0.15) is 0 Å². The number of thioether (sulfide) groups is 1. The van der Waals surface area contributed by atoms with Crippen LogP contribution in [0.2, 0.25) is 0 Å². The number of sulfonamides is 1. The lowest BCUT2D eigenvalue weighted by Crippen LogP contribution is -2.35. The summed E-state index contributed by atoms with van der Waals surface area (Å²) in [5, 5.41) is 3.95. The predicted octanol–water partition coefficient (Wildman–Crippen LogP) is 4.02. The number of nitrogens with one attached hydrogen (secondary N) is 1. The Morgan fingerprint density at radius 3 is 2.58 bits per heavy atom. The number of fused-ring (bicyclic) bond motifs is 1. The molecule has 0 unspecified atom stereocenters. The van der Waals surface area contributed by atoms with Gasteiger partial charge in [0.25, 0.3) is 0 Å². The number of hydrogen-bond acceptors (Lipinski definition) is 5. The minimum absolute atomic E-state index is 0.0434. The normalized spacial score (nSPS) is 16.0. The Morgan fingerprint density at radius 1 is 1.23 bits per heavy atom. The zero-order valence-electron chi connectivity index (χ0n) is 18.8. The number of benzene rings is 1. The Labute approximate surface area is 190 Å². The van der Waals surface area contributed by atoms with Crippen molar-refractivity contribution in [2.24, 2.45) is 0 Å².